The van der Waals surface area contributed by atoms with Gasteiger partial charge in [0.1, 0.15) is 0 Å². The highest BCUT2D eigenvalue weighted by Gasteiger charge is 2.26. The van der Waals surface area contributed by atoms with Gasteiger partial charge in [0.2, 0.25) is 5.91 Å². The van der Waals surface area contributed by atoms with E-state index in [0.29, 0.717) is 12.1 Å². The van der Waals surface area contributed by atoms with E-state index in [1.165, 1.54) is 0 Å². The van der Waals surface area contributed by atoms with E-state index in [0.717, 1.165) is 6.54 Å². The lowest BCUT2D eigenvalue weighted by Crippen LogP contribution is -2.50. The van der Waals surface area contributed by atoms with E-state index in [9.17, 15) is 4.79 Å². The molecule has 0 aliphatic rings. The van der Waals surface area contributed by atoms with Gasteiger partial charge in [-0.05, 0) is 48.5 Å². The minimum atomic E-state index is -0.171. The minimum Gasteiger partial charge on any atom is -0.333 e. The van der Waals surface area contributed by atoms with E-state index in [-0.39, 0.29) is 17.0 Å². The van der Waals surface area contributed by atoms with Gasteiger partial charge in [-0.25, -0.2) is 0 Å². The van der Waals surface area contributed by atoms with Crippen LogP contribution in [0, 0.1) is 0 Å². The third kappa shape index (κ3) is 6.47. The lowest BCUT2D eigenvalue weighted by atomic mass is 10.0. The number of nitrogens with zero attached hydrogens (tertiary/aromatic N) is 1. The average molecular weight is 240 g/mol. The van der Waals surface area contributed by atoms with E-state index in [4.69, 9.17) is 0 Å². The Bertz CT molecular complexity index is 282. The first-order valence-corrected chi connectivity index (χ1v) is 6.17. The molecule has 3 nitrogen and oxygen atoms in total. The third-order valence-electron chi connectivity index (χ3n) is 2.41. The standard InChI is InChI=1S/C14H28N2O/c1-11(2)12(17)16(14(6,7)8)10-9-15-13(3,4)5/h15H,1,9-10H2,2-8H3. The first-order valence-electron chi connectivity index (χ1n) is 6.17. The van der Waals surface area contributed by atoms with Crippen molar-refractivity contribution in [3.8, 4) is 0 Å². The second kappa shape index (κ2) is 5.67. The largest absolute Gasteiger partial charge is 0.333 e. The molecule has 0 aromatic rings. The van der Waals surface area contributed by atoms with Crippen LogP contribution in [0.15, 0.2) is 12.2 Å². The summed E-state index contributed by atoms with van der Waals surface area (Å²) in [4.78, 5) is 13.9. The van der Waals surface area contributed by atoms with Crippen molar-refractivity contribution in [1.29, 1.82) is 0 Å². The van der Waals surface area contributed by atoms with Crippen LogP contribution in [-0.4, -0.2) is 35.0 Å². The minimum absolute atomic E-state index is 0.0354. The fraction of sp³-hybridized carbons (Fsp3) is 0.786. The van der Waals surface area contributed by atoms with Crippen molar-refractivity contribution in [2.75, 3.05) is 13.1 Å². The number of carbonyl (C=O) groups is 1. The molecular weight excluding hydrogens is 212 g/mol. The van der Waals surface area contributed by atoms with Crippen LogP contribution < -0.4 is 5.32 Å². The molecule has 0 heterocycles. The van der Waals surface area contributed by atoms with E-state index in [1.54, 1.807) is 6.92 Å². The molecule has 0 bridgehead atoms. The lowest BCUT2D eigenvalue weighted by molar-refractivity contribution is -0.131. The summed E-state index contributed by atoms with van der Waals surface area (Å²) in [5.41, 5.74) is 0.501. The molecule has 100 valence electrons. The molecule has 0 spiro atoms. The highest BCUT2D eigenvalue weighted by molar-refractivity contribution is 5.92. The van der Waals surface area contributed by atoms with Crippen molar-refractivity contribution >= 4 is 5.91 Å². The fourth-order valence-electron chi connectivity index (χ4n) is 1.51. The molecule has 0 aliphatic heterocycles. The van der Waals surface area contributed by atoms with Gasteiger partial charge in [-0.2, -0.15) is 0 Å². The van der Waals surface area contributed by atoms with Crippen molar-refractivity contribution in [1.82, 2.24) is 10.2 Å². The summed E-state index contributed by atoms with van der Waals surface area (Å²) in [7, 11) is 0. The van der Waals surface area contributed by atoms with Crippen molar-refractivity contribution in [3.63, 3.8) is 0 Å². The first-order chi connectivity index (χ1) is 7.45. The van der Waals surface area contributed by atoms with E-state index in [2.05, 4.69) is 32.7 Å². The van der Waals surface area contributed by atoms with Crippen LogP contribution in [0.5, 0.6) is 0 Å². The highest BCUT2D eigenvalue weighted by Crippen LogP contribution is 2.15. The number of amides is 1. The molecule has 17 heavy (non-hydrogen) atoms. The van der Waals surface area contributed by atoms with E-state index in [1.807, 2.05) is 25.7 Å². The number of carbonyl (C=O) groups excluding carboxylic acids is 1. The summed E-state index contributed by atoms with van der Waals surface area (Å²) in [6.07, 6.45) is 0. The normalized spacial score (nSPS) is 12.4. The van der Waals surface area contributed by atoms with Crippen LogP contribution in [0.1, 0.15) is 48.5 Å². The van der Waals surface area contributed by atoms with Crippen molar-refractivity contribution in [2.24, 2.45) is 0 Å². The fourth-order valence-corrected chi connectivity index (χ4v) is 1.51. The Morgan fingerprint density at radius 2 is 1.65 bits per heavy atom. The molecule has 0 atom stereocenters. The number of hydrogen-bond donors (Lipinski definition) is 1. The second-order valence-electron chi connectivity index (χ2n) is 6.58. The van der Waals surface area contributed by atoms with Crippen LogP contribution in [0.25, 0.3) is 0 Å². The first kappa shape index (κ1) is 16.2. The quantitative estimate of drug-likeness (QED) is 0.766. The number of hydrogen-bond acceptors (Lipinski definition) is 2. The van der Waals surface area contributed by atoms with Crippen molar-refractivity contribution in [3.05, 3.63) is 12.2 Å². The van der Waals surface area contributed by atoms with Gasteiger partial charge in [0, 0.05) is 29.7 Å². The molecule has 0 rings (SSSR count). The Kier molecular flexibility index (Phi) is 5.40. The smallest absolute Gasteiger partial charge is 0.249 e. The van der Waals surface area contributed by atoms with Gasteiger partial charge in [-0.15, -0.1) is 0 Å². The predicted molar refractivity (Wildman–Crippen MR) is 74.0 cm³/mol. The zero-order valence-electron chi connectivity index (χ0n) is 12.5. The maximum Gasteiger partial charge on any atom is 0.249 e. The average Bonchev–Trinajstić information content (AvgIpc) is 2.07. The van der Waals surface area contributed by atoms with E-state index < -0.39 is 0 Å². The lowest BCUT2D eigenvalue weighted by Gasteiger charge is -2.37. The summed E-state index contributed by atoms with van der Waals surface area (Å²) < 4.78 is 0. The molecule has 3 heteroatoms. The molecule has 0 fully saturated rings. The van der Waals surface area contributed by atoms with Gasteiger partial charge >= 0.3 is 0 Å². The van der Waals surface area contributed by atoms with Crippen molar-refractivity contribution < 1.29 is 4.79 Å². The molecule has 0 saturated heterocycles. The van der Waals surface area contributed by atoms with Gasteiger partial charge in [-0.1, -0.05) is 6.58 Å². The summed E-state index contributed by atoms with van der Waals surface area (Å²) in [6.45, 7) is 19.5. The van der Waals surface area contributed by atoms with Crippen molar-refractivity contribution in [2.45, 2.75) is 59.5 Å². The number of nitrogens with one attached hydrogen (secondary N) is 1. The third-order valence-corrected chi connectivity index (χ3v) is 2.41. The molecule has 0 aromatic heterocycles. The van der Waals surface area contributed by atoms with Crippen LogP contribution in [-0.2, 0) is 4.79 Å². The van der Waals surface area contributed by atoms with Crippen LogP contribution in [0.3, 0.4) is 0 Å². The Hall–Kier alpha value is -0.830. The highest BCUT2D eigenvalue weighted by atomic mass is 16.2. The van der Waals surface area contributed by atoms with Gasteiger partial charge < -0.3 is 10.2 Å². The van der Waals surface area contributed by atoms with Crippen LogP contribution in [0.2, 0.25) is 0 Å². The summed E-state index contributed by atoms with van der Waals surface area (Å²) in [5, 5.41) is 3.39. The Labute approximate surface area is 106 Å². The maximum absolute atomic E-state index is 12.0. The van der Waals surface area contributed by atoms with Gasteiger partial charge in [0.05, 0.1) is 0 Å². The van der Waals surface area contributed by atoms with Gasteiger partial charge in [0.25, 0.3) is 0 Å². The zero-order valence-corrected chi connectivity index (χ0v) is 12.5. The molecule has 0 aliphatic carbocycles. The zero-order chi connectivity index (χ0) is 13.9. The number of rotatable bonds is 4. The molecule has 0 radical (unpaired) electrons. The summed E-state index contributed by atoms with van der Waals surface area (Å²) in [6, 6.07) is 0. The van der Waals surface area contributed by atoms with Gasteiger partial charge in [-0.3, -0.25) is 4.79 Å². The summed E-state index contributed by atoms with van der Waals surface area (Å²) >= 11 is 0. The Morgan fingerprint density at radius 1 is 1.18 bits per heavy atom. The second-order valence-corrected chi connectivity index (χ2v) is 6.58. The van der Waals surface area contributed by atoms with E-state index >= 15 is 0 Å². The molecule has 0 saturated carbocycles. The molecule has 1 amide bonds. The molecule has 0 unspecified atom stereocenters. The van der Waals surface area contributed by atoms with Crippen LogP contribution >= 0.6 is 0 Å². The Morgan fingerprint density at radius 3 is 1.94 bits per heavy atom. The summed E-state index contributed by atoms with van der Waals surface area (Å²) in [5.74, 6) is 0.0354. The predicted octanol–water partition coefficient (Wildman–Crippen LogP) is 2.58. The van der Waals surface area contributed by atoms with Gasteiger partial charge in [0.15, 0.2) is 0 Å². The SMILES string of the molecule is C=C(C)C(=O)N(CCNC(C)(C)C)C(C)(C)C. The maximum atomic E-state index is 12.0. The molecular formula is C14H28N2O. The monoisotopic (exact) mass is 240 g/mol. The molecule has 0 aromatic carbocycles. The van der Waals surface area contributed by atoms with Crippen LogP contribution in [0.4, 0.5) is 0 Å². The topological polar surface area (TPSA) is 32.3 Å². The molecule has 1 N–H and O–H groups in total. The Balaban J connectivity index is 4.54.